The summed E-state index contributed by atoms with van der Waals surface area (Å²) in [5, 5.41) is 0.756. The lowest BCUT2D eigenvalue weighted by atomic mass is 10.1. The van der Waals surface area contributed by atoms with Crippen LogP contribution in [0.15, 0.2) is 22.7 Å². The SMILES string of the molecule is Cc1cccc(C(=O)N2CCOC(CBr)C2)c1Br. The van der Waals surface area contributed by atoms with E-state index < -0.39 is 0 Å². The lowest BCUT2D eigenvalue weighted by Crippen LogP contribution is -2.46. The number of hydrogen-bond donors (Lipinski definition) is 0. The van der Waals surface area contributed by atoms with Crippen LogP contribution in [0.2, 0.25) is 0 Å². The molecule has 18 heavy (non-hydrogen) atoms. The maximum atomic E-state index is 12.5. The molecule has 1 fully saturated rings. The van der Waals surface area contributed by atoms with Gasteiger partial charge in [-0.05, 0) is 34.5 Å². The molecule has 0 spiro atoms. The van der Waals surface area contributed by atoms with Gasteiger partial charge in [0, 0.05) is 22.9 Å². The van der Waals surface area contributed by atoms with E-state index in [2.05, 4.69) is 31.9 Å². The highest BCUT2D eigenvalue weighted by Crippen LogP contribution is 2.23. The zero-order chi connectivity index (χ0) is 13.1. The van der Waals surface area contributed by atoms with Crippen LogP contribution in [0.1, 0.15) is 15.9 Å². The summed E-state index contributed by atoms with van der Waals surface area (Å²) in [5.41, 5.74) is 1.80. The van der Waals surface area contributed by atoms with E-state index in [1.807, 2.05) is 30.0 Å². The third kappa shape index (κ3) is 2.95. The normalized spacial score (nSPS) is 19.9. The van der Waals surface area contributed by atoms with Gasteiger partial charge in [0.05, 0.1) is 18.3 Å². The second-order valence-electron chi connectivity index (χ2n) is 4.33. The average Bonchev–Trinajstić information content (AvgIpc) is 2.41. The smallest absolute Gasteiger partial charge is 0.255 e. The van der Waals surface area contributed by atoms with Crippen LogP contribution in [0.5, 0.6) is 0 Å². The highest BCUT2D eigenvalue weighted by atomic mass is 79.9. The Labute approximate surface area is 124 Å². The van der Waals surface area contributed by atoms with Crippen molar-refractivity contribution in [2.75, 3.05) is 25.0 Å². The Balaban J connectivity index is 2.18. The molecule has 1 saturated heterocycles. The monoisotopic (exact) mass is 375 g/mol. The van der Waals surface area contributed by atoms with Crippen molar-refractivity contribution in [3.8, 4) is 0 Å². The van der Waals surface area contributed by atoms with E-state index in [4.69, 9.17) is 4.74 Å². The van der Waals surface area contributed by atoms with Gasteiger partial charge < -0.3 is 9.64 Å². The molecule has 5 heteroatoms. The molecule has 0 aliphatic carbocycles. The standard InChI is InChI=1S/C13H15Br2NO2/c1-9-3-2-4-11(12(9)15)13(17)16-5-6-18-10(7-14)8-16/h2-4,10H,5-8H2,1H3. The van der Waals surface area contributed by atoms with Crippen LogP contribution in [0.4, 0.5) is 0 Å². The van der Waals surface area contributed by atoms with Gasteiger partial charge in [-0.2, -0.15) is 0 Å². The van der Waals surface area contributed by atoms with Crippen LogP contribution in [-0.2, 0) is 4.74 Å². The first-order valence-electron chi connectivity index (χ1n) is 5.85. The Morgan fingerprint density at radius 3 is 3.06 bits per heavy atom. The van der Waals surface area contributed by atoms with E-state index in [1.165, 1.54) is 0 Å². The third-order valence-electron chi connectivity index (χ3n) is 3.02. The van der Waals surface area contributed by atoms with E-state index in [-0.39, 0.29) is 12.0 Å². The van der Waals surface area contributed by atoms with Crippen molar-refractivity contribution in [2.24, 2.45) is 0 Å². The van der Waals surface area contributed by atoms with E-state index in [9.17, 15) is 4.79 Å². The van der Waals surface area contributed by atoms with Crippen LogP contribution in [0.3, 0.4) is 0 Å². The average molecular weight is 377 g/mol. The van der Waals surface area contributed by atoms with E-state index in [0.29, 0.717) is 19.7 Å². The van der Waals surface area contributed by atoms with Crippen LogP contribution in [-0.4, -0.2) is 41.9 Å². The Kier molecular flexibility index (Phi) is 4.81. The third-order valence-corrected chi connectivity index (χ3v) is 4.80. The summed E-state index contributed by atoms with van der Waals surface area (Å²) in [6, 6.07) is 5.76. The maximum Gasteiger partial charge on any atom is 0.255 e. The number of hydrogen-bond acceptors (Lipinski definition) is 2. The molecule has 1 unspecified atom stereocenters. The fourth-order valence-corrected chi connectivity index (χ4v) is 2.81. The van der Waals surface area contributed by atoms with Crippen molar-refractivity contribution in [3.63, 3.8) is 0 Å². The molecule has 0 N–H and O–H groups in total. The lowest BCUT2D eigenvalue weighted by molar-refractivity contribution is -0.00968. The molecule has 0 radical (unpaired) electrons. The van der Waals surface area contributed by atoms with E-state index in [1.54, 1.807) is 0 Å². The van der Waals surface area contributed by atoms with Gasteiger partial charge in [0.1, 0.15) is 0 Å². The molecule has 1 atom stereocenters. The Morgan fingerprint density at radius 1 is 1.56 bits per heavy atom. The quantitative estimate of drug-likeness (QED) is 0.742. The maximum absolute atomic E-state index is 12.5. The predicted molar refractivity (Wildman–Crippen MR) is 78.3 cm³/mol. The van der Waals surface area contributed by atoms with Crippen molar-refractivity contribution < 1.29 is 9.53 Å². The fourth-order valence-electron chi connectivity index (χ4n) is 1.98. The van der Waals surface area contributed by atoms with E-state index in [0.717, 1.165) is 20.9 Å². The number of aryl methyl sites for hydroxylation is 1. The number of benzene rings is 1. The number of ether oxygens (including phenoxy) is 1. The number of amides is 1. The summed E-state index contributed by atoms with van der Waals surface area (Å²) in [7, 11) is 0. The van der Waals surface area contributed by atoms with Crippen LogP contribution < -0.4 is 0 Å². The minimum absolute atomic E-state index is 0.0693. The molecule has 0 saturated carbocycles. The number of morpholine rings is 1. The predicted octanol–water partition coefficient (Wildman–Crippen LogP) is 2.99. The van der Waals surface area contributed by atoms with Gasteiger partial charge in [0.25, 0.3) is 5.91 Å². The number of halogens is 2. The van der Waals surface area contributed by atoms with Gasteiger partial charge >= 0.3 is 0 Å². The molecular formula is C13H15Br2NO2. The Morgan fingerprint density at radius 2 is 2.33 bits per heavy atom. The number of nitrogens with zero attached hydrogens (tertiary/aromatic N) is 1. The van der Waals surface area contributed by atoms with Crippen LogP contribution >= 0.6 is 31.9 Å². The Hall–Kier alpha value is -0.390. The lowest BCUT2D eigenvalue weighted by Gasteiger charge is -2.32. The highest BCUT2D eigenvalue weighted by Gasteiger charge is 2.25. The fraction of sp³-hybridized carbons (Fsp3) is 0.462. The van der Waals surface area contributed by atoms with Crippen molar-refractivity contribution in [2.45, 2.75) is 13.0 Å². The summed E-state index contributed by atoms with van der Waals surface area (Å²) < 4.78 is 6.43. The minimum Gasteiger partial charge on any atom is -0.374 e. The van der Waals surface area contributed by atoms with Gasteiger partial charge in [-0.15, -0.1) is 0 Å². The van der Waals surface area contributed by atoms with Gasteiger partial charge in [-0.1, -0.05) is 28.1 Å². The number of rotatable bonds is 2. The highest BCUT2D eigenvalue weighted by molar-refractivity contribution is 9.10. The second kappa shape index (κ2) is 6.17. The molecule has 3 nitrogen and oxygen atoms in total. The van der Waals surface area contributed by atoms with Crippen LogP contribution in [0, 0.1) is 6.92 Å². The van der Waals surface area contributed by atoms with Gasteiger partial charge in [-0.3, -0.25) is 4.79 Å². The summed E-state index contributed by atoms with van der Waals surface area (Å²) in [5.74, 6) is 0.0693. The van der Waals surface area contributed by atoms with E-state index >= 15 is 0 Å². The van der Waals surface area contributed by atoms with Gasteiger partial charge in [-0.25, -0.2) is 0 Å². The molecule has 1 aromatic carbocycles. The molecule has 1 heterocycles. The molecule has 98 valence electrons. The van der Waals surface area contributed by atoms with Gasteiger partial charge in [0.15, 0.2) is 0 Å². The minimum atomic E-state index is 0.0693. The molecule has 1 aliphatic rings. The first-order valence-corrected chi connectivity index (χ1v) is 7.77. The summed E-state index contributed by atoms with van der Waals surface area (Å²) >= 11 is 6.89. The largest absolute Gasteiger partial charge is 0.374 e. The molecule has 2 rings (SSSR count). The zero-order valence-corrected chi connectivity index (χ0v) is 13.3. The Bertz CT molecular complexity index is 451. The summed E-state index contributed by atoms with van der Waals surface area (Å²) in [6.45, 7) is 3.89. The number of carbonyl (C=O) groups excluding carboxylic acids is 1. The first-order chi connectivity index (χ1) is 8.63. The molecule has 1 aliphatic heterocycles. The van der Waals surface area contributed by atoms with Crippen molar-refractivity contribution in [1.29, 1.82) is 0 Å². The molecule has 0 bridgehead atoms. The van der Waals surface area contributed by atoms with Crippen molar-refractivity contribution in [1.82, 2.24) is 4.90 Å². The molecular weight excluding hydrogens is 362 g/mol. The summed E-state index contributed by atoms with van der Waals surface area (Å²) in [4.78, 5) is 14.3. The zero-order valence-electron chi connectivity index (χ0n) is 10.2. The number of alkyl halides is 1. The number of carbonyl (C=O) groups is 1. The second-order valence-corrected chi connectivity index (χ2v) is 5.78. The topological polar surface area (TPSA) is 29.5 Å². The molecule has 1 aromatic rings. The molecule has 1 amide bonds. The van der Waals surface area contributed by atoms with Gasteiger partial charge in [0.2, 0.25) is 0 Å². The molecule has 0 aromatic heterocycles. The van der Waals surface area contributed by atoms with Crippen molar-refractivity contribution in [3.05, 3.63) is 33.8 Å². The summed E-state index contributed by atoms with van der Waals surface area (Å²) in [6.07, 6.45) is 0.0892. The van der Waals surface area contributed by atoms with Crippen LogP contribution in [0.25, 0.3) is 0 Å². The first kappa shape index (κ1) is 14.0. The van der Waals surface area contributed by atoms with Crippen molar-refractivity contribution >= 4 is 37.8 Å².